The minimum absolute atomic E-state index is 0.696. The molecule has 18 heavy (non-hydrogen) atoms. The molecule has 1 aliphatic rings. The molecule has 1 aliphatic heterocycles. The van der Waals surface area contributed by atoms with Crippen LogP contribution in [0, 0.1) is 0 Å². The highest BCUT2D eigenvalue weighted by Gasteiger charge is 2.18. The number of benzene rings is 1. The standard InChI is InChI=1S/C14H17N3O/c1-3-7-12(8-4-1)14-15-13(18-16-14)11-17-9-5-2-6-10-17/h1,3-4,7-8H,2,5-6,9-11H2/p+1. The van der Waals surface area contributed by atoms with Crippen molar-refractivity contribution in [2.45, 2.75) is 25.8 Å². The Kier molecular flexibility index (Phi) is 3.37. The molecule has 0 amide bonds. The highest BCUT2D eigenvalue weighted by Crippen LogP contribution is 2.14. The largest absolute Gasteiger partial charge is 0.333 e. The second-order valence-corrected chi connectivity index (χ2v) is 4.87. The second-order valence-electron chi connectivity index (χ2n) is 4.87. The van der Waals surface area contributed by atoms with Gasteiger partial charge in [0.25, 0.3) is 5.89 Å². The fourth-order valence-corrected chi connectivity index (χ4v) is 2.47. The minimum atomic E-state index is 0.696. The summed E-state index contributed by atoms with van der Waals surface area (Å²) in [4.78, 5) is 6.04. The molecule has 0 unspecified atom stereocenters. The monoisotopic (exact) mass is 244 g/mol. The first-order chi connectivity index (χ1) is 8.92. The first-order valence-electron chi connectivity index (χ1n) is 6.63. The van der Waals surface area contributed by atoms with Crippen molar-refractivity contribution in [2.75, 3.05) is 13.1 Å². The topological polar surface area (TPSA) is 43.4 Å². The lowest BCUT2D eigenvalue weighted by molar-refractivity contribution is -0.919. The van der Waals surface area contributed by atoms with Crippen molar-refractivity contribution in [3.8, 4) is 11.4 Å². The number of hydrogen-bond acceptors (Lipinski definition) is 3. The van der Waals surface area contributed by atoms with Gasteiger partial charge in [-0.2, -0.15) is 4.98 Å². The van der Waals surface area contributed by atoms with Crippen LogP contribution in [0.2, 0.25) is 0 Å². The van der Waals surface area contributed by atoms with Crippen LogP contribution in [0.4, 0.5) is 0 Å². The number of hydrogen-bond donors (Lipinski definition) is 1. The fraction of sp³-hybridized carbons (Fsp3) is 0.429. The molecular weight excluding hydrogens is 226 g/mol. The van der Waals surface area contributed by atoms with Gasteiger partial charge in [0, 0.05) is 5.56 Å². The maximum Gasteiger partial charge on any atom is 0.282 e. The van der Waals surface area contributed by atoms with E-state index in [0.29, 0.717) is 5.82 Å². The molecule has 3 rings (SSSR count). The van der Waals surface area contributed by atoms with E-state index in [1.165, 1.54) is 32.4 Å². The van der Waals surface area contributed by atoms with Crippen LogP contribution in [0.25, 0.3) is 11.4 Å². The van der Waals surface area contributed by atoms with Crippen molar-refractivity contribution in [3.63, 3.8) is 0 Å². The average Bonchev–Trinajstić information content (AvgIpc) is 2.89. The molecule has 0 aliphatic carbocycles. The Morgan fingerprint density at radius 2 is 1.83 bits per heavy atom. The van der Waals surface area contributed by atoms with Crippen molar-refractivity contribution >= 4 is 0 Å². The summed E-state index contributed by atoms with van der Waals surface area (Å²) >= 11 is 0. The number of nitrogens with zero attached hydrogens (tertiary/aromatic N) is 2. The number of rotatable bonds is 3. The van der Waals surface area contributed by atoms with Gasteiger partial charge in [-0.1, -0.05) is 35.5 Å². The fourth-order valence-electron chi connectivity index (χ4n) is 2.47. The van der Waals surface area contributed by atoms with E-state index >= 15 is 0 Å². The predicted molar refractivity (Wildman–Crippen MR) is 68.0 cm³/mol. The van der Waals surface area contributed by atoms with Crippen LogP contribution in [0.3, 0.4) is 0 Å². The normalized spacial score (nSPS) is 16.9. The molecule has 1 N–H and O–H groups in total. The van der Waals surface area contributed by atoms with Gasteiger partial charge < -0.3 is 9.42 Å². The Morgan fingerprint density at radius 1 is 1.06 bits per heavy atom. The molecule has 2 heterocycles. The number of nitrogens with one attached hydrogen (secondary N) is 1. The van der Waals surface area contributed by atoms with E-state index in [9.17, 15) is 0 Å². The van der Waals surface area contributed by atoms with Gasteiger partial charge >= 0.3 is 0 Å². The molecule has 2 aromatic rings. The Bertz CT molecular complexity index is 489. The van der Waals surface area contributed by atoms with E-state index in [2.05, 4.69) is 10.1 Å². The molecule has 1 saturated heterocycles. The van der Waals surface area contributed by atoms with Crippen LogP contribution in [0.15, 0.2) is 34.9 Å². The Morgan fingerprint density at radius 3 is 2.61 bits per heavy atom. The maximum atomic E-state index is 5.34. The molecule has 4 heteroatoms. The molecule has 1 fully saturated rings. The zero-order valence-electron chi connectivity index (χ0n) is 10.4. The molecule has 1 aromatic carbocycles. The van der Waals surface area contributed by atoms with Gasteiger partial charge in [-0.05, 0) is 19.3 Å². The first kappa shape index (κ1) is 11.4. The summed E-state index contributed by atoms with van der Waals surface area (Å²) in [7, 11) is 0. The molecule has 0 saturated carbocycles. The molecule has 0 bridgehead atoms. The summed E-state index contributed by atoms with van der Waals surface area (Å²) in [6, 6.07) is 9.97. The van der Waals surface area contributed by atoms with E-state index in [-0.39, 0.29) is 0 Å². The average molecular weight is 244 g/mol. The zero-order valence-corrected chi connectivity index (χ0v) is 10.4. The Hall–Kier alpha value is -1.68. The third-order valence-corrected chi connectivity index (χ3v) is 3.46. The van der Waals surface area contributed by atoms with Gasteiger partial charge in [-0.3, -0.25) is 0 Å². The third kappa shape index (κ3) is 2.59. The van der Waals surface area contributed by atoms with Crippen LogP contribution < -0.4 is 4.90 Å². The van der Waals surface area contributed by atoms with Crippen molar-refractivity contribution in [3.05, 3.63) is 36.2 Å². The van der Waals surface area contributed by atoms with E-state index in [1.54, 1.807) is 4.90 Å². The van der Waals surface area contributed by atoms with E-state index in [0.717, 1.165) is 18.0 Å². The van der Waals surface area contributed by atoms with E-state index < -0.39 is 0 Å². The lowest BCUT2D eigenvalue weighted by atomic mass is 10.1. The predicted octanol–water partition coefficient (Wildman–Crippen LogP) is 1.31. The van der Waals surface area contributed by atoms with Gasteiger partial charge in [-0.15, -0.1) is 0 Å². The number of quaternary nitrogens is 1. The van der Waals surface area contributed by atoms with Gasteiger partial charge in [-0.25, -0.2) is 0 Å². The lowest BCUT2D eigenvalue weighted by Crippen LogP contribution is -3.11. The molecule has 94 valence electrons. The quantitative estimate of drug-likeness (QED) is 0.885. The van der Waals surface area contributed by atoms with E-state index in [1.807, 2.05) is 30.3 Å². The van der Waals surface area contributed by atoms with Crippen molar-refractivity contribution in [1.82, 2.24) is 10.1 Å². The molecule has 0 spiro atoms. The van der Waals surface area contributed by atoms with E-state index in [4.69, 9.17) is 4.52 Å². The van der Waals surface area contributed by atoms with Gasteiger partial charge in [0.2, 0.25) is 5.82 Å². The van der Waals surface area contributed by atoms with Crippen LogP contribution >= 0.6 is 0 Å². The van der Waals surface area contributed by atoms with Crippen molar-refractivity contribution in [1.29, 1.82) is 0 Å². The van der Waals surface area contributed by atoms with Gasteiger partial charge in [0.15, 0.2) is 6.54 Å². The maximum absolute atomic E-state index is 5.34. The lowest BCUT2D eigenvalue weighted by Gasteiger charge is -2.21. The summed E-state index contributed by atoms with van der Waals surface area (Å²) in [6.07, 6.45) is 3.99. The minimum Gasteiger partial charge on any atom is -0.333 e. The van der Waals surface area contributed by atoms with Crippen LogP contribution in [-0.4, -0.2) is 23.2 Å². The highest BCUT2D eigenvalue weighted by atomic mass is 16.5. The molecule has 0 radical (unpaired) electrons. The van der Waals surface area contributed by atoms with Crippen LogP contribution in [0.1, 0.15) is 25.2 Å². The smallest absolute Gasteiger partial charge is 0.282 e. The van der Waals surface area contributed by atoms with Crippen LogP contribution in [-0.2, 0) is 6.54 Å². The van der Waals surface area contributed by atoms with Crippen LogP contribution in [0.5, 0.6) is 0 Å². The van der Waals surface area contributed by atoms with Crippen molar-refractivity contribution < 1.29 is 9.42 Å². The van der Waals surface area contributed by atoms with Gasteiger partial charge in [0.05, 0.1) is 13.1 Å². The SMILES string of the molecule is c1ccc(-c2noc(C[NH+]3CCCCC3)n2)cc1. The Labute approximate surface area is 107 Å². The molecule has 1 aromatic heterocycles. The number of aromatic nitrogens is 2. The van der Waals surface area contributed by atoms with Gasteiger partial charge in [0.1, 0.15) is 0 Å². The summed E-state index contributed by atoms with van der Waals surface area (Å²) in [6.45, 7) is 3.31. The van der Waals surface area contributed by atoms with Crippen molar-refractivity contribution in [2.24, 2.45) is 0 Å². The molecular formula is C14H18N3O+. The summed E-state index contributed by atoms with van der Waals surface area (Å²) in [5, 5.41) is 4.05. The summed E-state index contributed by atoms with van der Waals surface area (Å²) in [5.74, 6) is 1.45. The number of piperidine rings is 1. The first-order valence-corrected chi connectivity index (χ1v) is 6.63. The zero-order chi connectivity index (χ0) is 12.2. The summed E-state index contributed by atoms with van der Waals surface area (Å²) < 4.78 is 5.34. The number of likely N-dealkylation sites (tertiary alicyclic amines) is 1. The summed E-state index contributed by atoms with van der Waals surface area (Å²) in [5.41, 5.74) is 1.01. The second kappa shape index (κ2) is 5.31. The highest BCUT2D eigenvalue weighted by molar-refractivity contribution is 5.53. The third-order valence-electron chi connectivity index (χ3n) is 3.46. The Balaban J connectivity index is 1.69. The molecule has 0 atom stereocenters. The molecule has 4 nitrogen and oxygen atoms in total.